The Kier molecular flexibility index (Phi) is 7.12. The fourth-order valence-electron chi connectivity index (χ4n) is 2.69. The quantitative estimate of drug-likeness (QED) is 0.636. The Bertz CT molecular complexity index is 1180. The number of hydrogen-bond donors (Lipinski definition) is 1. The Morgan fingerprint density at radius 1 is 1.17 bits per heavy atom. The molecule has 0 aliphatic heterocycles. The van der Waals surface area contributed by atoms with Crippen molar-refractivity contribution < 1.29 is 12.8 Å². The second-order valence-corrected chi connectivity index (χ2v) is 8.28. The van der Waals surface area contributed by atoms with Crippen LogP contribution in [0, 0.1) is 0 Å². The number of nitrogens with zero attached hydrogens (tertiary/aromatic N) is 3. The van der Waals surface area contributed by atoms with Gasteiger partial charge in [0.25, 0.3) is 0 Å². The van der Waals surface area contributed by atoms with Gasteiger partial charge >= 0.3 is 5.69 Å². The topological polar surface area (TPSA) is 100.0 Å². The second-order valence-electron chi connectivity index (χ2n) is 6.26. The van der Waals surface area contributed by atoms with Crippen LogP contribution < -0.4 is 11.4 Å². The third kappa shape index (κ3) is 5.00. The van der Waals surface area contributed by atoms with Crippen molar-refractivity contribution in [3.05, 3.63) is 77.2 Å². The van der Waals surface area contributed by atoms with Crippen molar-refractivity contribution in [2.24, 2.45) is 5.73 Å². The van der Waals surface area contributed by atoms with E-state index in [1.165, 1.54) is 10.9 Å². The van der Waals surface area contributed by atoms with Crippen molar-refractivity contribution in [2.75, 3.05) is 12.8 Å². The van der Waals surface area contributed by atoms with E-state index in [9.17, 15) is 17.6 Å². The highest BCUT2D eigenvalue weighted by molar-refractivity contribution is 7.90. The van der Waals surface area contributed by atoms with Gasteiger partial charge in [0, 0.05) is 12.8 Å². The van der Waals surface area contributed by atoms with Crippen LogP contribution in [0.4, 0.5) is 4.39 Å². The van der Waals surface area contributed by atoms with Gasteiger partial charge in [0.1, 0.15) is 6.33 Å². The first-order chi connectivity index (χ1) is 13.3. The highest BCUT2D eigenvalue weighted by Gasteiger charge is 2.10. The molecule has 7 nitrogen and oxygen atoms in total. The van der Waals surface area contributed by atoms with E-state index in [2.05, 4.69) is 5.10 Å². The fraction of sp³-hybridized carbons (Fsp3) is 0.158. The van der Waals surface area contributed by atoms with E-state index in [1.807, 2.05) is 6.07 Å². The summed E-state index contributed by atoms with van der Waals surface area (Å²) in [5, 5.41) is 4.01. The van der Waals surface area contributed by atoms with Gasteiger partial charge in [0.2, 0.25) is 0 Å². The fourth-order valence-corrected chi connectivity index (χ4v) is 3.32. The highest BCUT2D eigenvalue weighted by atomic mass is 35.5. The van der Waals surface area contributed by atoms with Crippen LogP contribution in [0.2, 0.25) is 0 Å². The van der Waals surface area contributed by atoms with Gasteiger partial charge in [-0.15, -0.1) is 12.4 Å². The SMILES string of the molecule is CS(=O)(=O)c1ccc(-c2cccc(-n3cnn(C/C(=C\F)CN)c3=O)c2)cc1.Cl. The van der Waals surface area contributed by atoms with Gasteiger partial charge in [-0.25, -0.2) is 26.9 Å². The summed E-state index contributed by atoms with van der Waals surface area (Å²) in [4.78, 5) is 12.8. The molecule has 0 aliphatic carbocycles. The summed E-state index contributed by atoms with van der Waals surface area (Å²) in [5.74, 6) is 0. The van der Waals surface area contributed by atoms with Crippen LogP contribution in [-0.2, 0) is 16.4 Å². The molecule has 2 aromatic carbocycles. The molecule has 154 valence electrons. The lowest BCUT2D eigenvalue weighted by Gasteiger charge is -2.07. The lowest BCUT2D eigenvalue weighted by Crippen LogP contribution is -2.25. The second kappa shape index (κ2) is 9.17. The average molecular weight is 439 g/mol. The molecule has 0 amide bonds. The van der Waals surface area contributed by atoms with E-state index < -0.39 is 15.5 Å². The predicted molar refractivity (Wildman–Crippen MR) is 112 cm³/mol. The molecule has 3 rings (SSSR count). The third-order valence-electron chi connectivity index (χ3n) is 4.24. The number of hydrogen-bond acceptors (Lipinski definition) is 5. The first kappa shape index (κ1) is 22.5. The molecule has 0 fully saturated rings. The molecule has 0 aliphatic rings. The van der Waals surface area contributed by atoms with Crippen molar-refractivity contribution in [2.45, 2.75) is 11.4 Å². The minimum atomic E-state index is -3.27. The van der Waals surface area contributed by atoms with Crippen LogP contribution in [0.15, 0.2) is 76.5 Å². The Morgan fingerprint density at radius 3 is 2.45 bits per heavy atom. The zero-order valence-corrected chi connectivity index (χ0v) is 17.2. The Labute approximate surface area is 173 Å². The maximum atomic E-state index is 12.7. The third-order valence-corrected chi connectivity index (χ3v) is 5.37. The first-order valence-electron chi connectivity index (χ1n) is 8.37. The summed E-state index contributed by atoms with van der Waals surface area (Å²) in [6.07, 6.45) is 2.90. The summed E-state index contributed by atoms with van der Waals surface area (Å²) in [6, 6.07) is 13.7. The van der Waals surface area contributed by atoms with E-state index in [0.29, 0.717) is 12.0 Å². The Balaban J connectivity index is 0.00000300. The summed E-state index contributed by atoms with van der Waals surface area (Å²) in [6.45, 7) is -0.0275. The van der Waals surface area contributed by atoms with Gasteiger partial charge < -0.3 is 5.73 Å². The molecule has 0 bridgehead atoms. The van der Waals surface area contributed by atoms with Crippen molar-refractivity contribution in [1.29, 1.82) is 0 Å². The van der Waals surface area contributed by atoms with Crippen molar-refractivity contribution >= 4 is 22.2 Å². The number of benzene rings is 2. The predicted octanol–water partition coefficient (Wildman–Crippen LogP) is 2.34. The Morgan fingerprint density at radius 2 is 1.86 bits per heavy atom. The van der Waals surface area contributed by atoms with E-state index >= 15 is 0 Å². The Hall–Kier alpha value is -2.75. The molecule has 0 atom stereocenters. The number of aromatic nitrogens is 3. The molecule has 0 saturated heterocycles. The monoisotopic (exact) mass is 438 g/mol. The van der Waals surface area contributed by atoms with Crippen LogP contribution in [0.1, 0.15) is 0 Å². The summed E-state index contributed by atoms with van der Waals surface area (Å²) in [7, 11) is -3.27. The largest absolute Gasteiger partial charge is 0.350 e. The van der Waals surface area contributed by atoms with Gasteiger partial charge in [0.15, 0.2) is 9.84 Å². The van der Waals surface area contributed by atoms with E-state index in [0.717, 1.165) is 22.1 Å². The number of nitrogens with two attached hydrogens (primary N) is 1. The van der Waals surface area contributed by atoms with Gasteiger partial charge in [-0.1, -0.05) is 24.3 Å². The van der Waals surface area contributed by atoms with Crippen LogP contribution in [0.5, 0.6) is 0 Å². The van der Waals surface area contributed by atoms with Crippen molar-refractivity contribution in [1.82, 2.24) is 14.3 Å². The molecule has 1 heterocycles. The number of halogens is 2. The van der Waals surface area contributed by atoms with Gasteiger partial charge in [0.05, 0.1) is 23.5 Å². The number of sulfone groups is 1. The molecular weight excluding hydrogens is 419 g/mol. The highest BCUT2D eigenvalue weighted by Crippen LogP contribution is 2.23. The maximum Gasteiger partial charge on any atom is 0.350 e. The van der Waals surface area contributed by atoms with Crippen LogP contribution >= 0.6 is 12.4 Å². The zero-order valence-electron chi connectivity index (χ0n) is 15.5. The lowest BCUT2D eigenvalue weighted by molar-refractivity contribution is 0.602. The minimum absolute atomic E-state index is 0. The van der Waals surface area contributed by atoms with Gasteiger partial charge in [-0.05, 0) is 41.0 Å². The molecule has 3 aromatic rings. The molecule has 29 heavy (non-hydrogen) atoms. The van der Waals surface area contributed by atoms with Crippen LogP contribution in [-0.4, -0.2) is 35.6 Å². The first-order valence-corrected chi connectivity index (χ1v) is 10.3. The summed E-state index contributed by atoms with van der Waals surface area (Å²) < 4.78 is 38.4. The van der Waals surface area contributed by atoms with E-state index in [-0.39, 0.29) is 36.0 Å². The van der Waals surface area contributed by atoms with E-state index in [4.69, 9.17) is 5.73 Å². The van der Waals surface area contributed by atoms with E-state index in [1.54, 1.807) is 42.5 Å². The van der Waals surface area contributed by atoms with Crippen LogP contribution in [0.3, 0.4) is 0 Å². The molecular formula is C19H20ClFN4O3S. The standard InChI is InChI=1S/C19H19FN4O3S.ClH/c1-28(26,27)18-7-5-15(6-8-18)16-3-2-4-17(9-16)23-13-22-24(19(23)25)12-14(10-20)11-21;/h2-10,13H,11-12,21H2,1H3;1H/b14-10-;. The molecule has 10 heteroatoms. The summed E-state index contributed by atoms with van der Waals surface area (Å²) >= 11 is 0. The molecule has 1 aromatic heterocycles. The number of rotatable bonds is 6. The maximum absolute atomic E-state index is 12.7. The van der Waals surface area contributed by atoms with Crippen molar-refractivity contribution in [3.8, 4) is 16.8 Å². The minimum Gasteiger partial charge on any atom is -0.327 e. The lowest BCUT2D eigenvalue weighted by atomic mass is 10.1. The normalized spacial score (nSPS) is 11.9. The molecule has 0 saturated carbocycles. The average Bonchev–Trinajstić information content (AvgIpc) is 3.06. The van der Waals surface area contributed by atoms with Crippen LogP contribution in [0.25, 0.3) is 16.8 Å². The smallest absolute Gasteiger partial charge is 0.327 e. The zero-order chi connectivity index (χ0) is 20.3. The molecule has 2 N–H and O–H groups in total. The molecule has 0 unspecified atom stereocenters. The molecule has 0 radical (unpaired) electrons. The molecule has 0 spiro atoms. The van der Waals surface area contributed by atoms with Gasteiger partial charge in [-0.2, -0.15) is 5.10 Å². The van der Waals surface area contributed by atoms with Crippen molar-refractivity contribution in [3.63, 3.8) is 0 Å². The van der Waals surface area contributed by atoms with Gasteiger partial charge in [-0.3, -0.25) is 0 Å². The summed E-state index contributed by atoms with van der Waals surface area (Å²) in [5.41, 5.74) is 7.46.